The fourth-order valence-corrected chi connectivity index (χ4v) is 3.35. The van der Waals surface area contributed by atoms with Crippen molar-refractivity contribution in [2.24, 2.45) is 5.14 Å². The number of sulfonamides is 1. The van der Waals surface area contributed by atoms with Gasteiger partial charge in [-0.15, -0.1) is 6.42 Å². The predicted molar refractivity (Wildman–Crippen MR) is 116 cm³/mol. The number of rotatable bonds is 5. The van der Waals surface area contributed by atoms with E-state index in [-0.39, 0.29) is 10.6 Å². The molecule has 2 aromatic carbocycles. The van der Waals surface area contributed by atoms with Crippen LogP contribution >= 0.6 is 0 Å². The number of hydrogen-bond acceptors (Lipinski definition) is 5. The first kappa shape index (κ1) is 22.9. The van der Waals surface area contributed by atoms with Gasteiger partial charge in [0, 0.05) is 16.9 Å². The molecule has 0 saturated heterocycles. The largest absolute Gasteiger partial charge is 0.399 e. The molecule has 0 heterocycles. The van der Waals surface area contributed by atoms with Crippen LogP contribution in [0.4, 0.5) is 11.4 Å². The van der Waals surface area contributed by atoms with Crippen LogP contribution in [0.25, 0.3) is 0 Å². The lowest BCUT2D eigenvalue weighted by atomic mass is 10.0. The van der Waals surface area contributed by atoms with Gasteiger partial charge in [0.1, 0.15) is 6.04 Å². The molecule has 1 unspecified atom stereocenters. The molecule has 0 saturated carbocycles. The van der Waals surface area contributed by atoms with Crippen molar-refractivity contribution in [2.75, 3.05) is 10.6 Å². The maximum absolute atomic E-state index is 13.2. The van der Waals surface area contributed by atoms with Crippen molar-refractivity contribution in [1.82, 2.24) is 5.32 Å². The van der Waals surface area contributed by atoms with E-state index in [1.807, 2.05) is 5.92 Å². The number of terminal acetylenes is 1. The number of nitrogens with zero attached hydrogens (tertiary/aromatic N) is 1. The number of hydrogen-bond donors (Lipinski definition) is 3. The third-order valence-corrected chi connectivity index (χ3v) is 4.93. The summed E-state index contributed by atoms with van der Waals surface area (Å²) in [5.74, 6) is 0.673. The van der Waals surface area contributed by atoms with E-state index in [0.29, 0.717) is 11.3 Å². The molecular formula is C21H24N4O4S. The SMILES string of the molecule is C#CC(=O)N(c1cccc(S(N)(=O)=O)c1)C(C(=O)NC(C)(C)C)c1ccc(N)cc1. The van der Waals surface area contributed by atoms with Crippen LogP contribution in [0.5, 0.6) is 0 Å². The highest BCUT2D eigenvalue weighted by Gasteiger charge is 2.34. The monoisotopic (exact) mass is 428 g/mol. The highest BCUT2D eigenvalue weighted by Crippen LogP contribution is 2.30. The second-order valence-electron chi connectivity index (χ2n) is 7.67. The topological polar surface area (TPSA) is 136 Å². The molecule has 0 bridgehead atoms. The summed E-state index contributed by atoms with van der Waals surface area (Å²) in [6.45, 7) is 5.37. The molecule has 0 aliphatic rings. The normalized spacial score (nSPS) is 12.5. The lowest BCUT2D eigenvalue weighted by molar-refractivity contribution is -0.126. The number of benzene rings is 2. The van der Waals surface area contributed by atoms with Crippen LogP contribution in [0, 0.1) is 12.3 Å². The summed E-state index contributed by atoms with van der Waals surface area (Å²) >= 11 is 0. The van der Waals surface area contributed by atoms with Gasteiger partial charge in [-0.2, -0.15) is 0 Å². The molecule has 8 nitrogen and oxygen atoms in total. The third kappa shape index (κ3) is 5.59. The molecule has 5 N–H and O–H groups in total. The molecule has 0 aliphatic heterocycles. The fourth-order valence-electron chi connectivity index (χ4n) is 2.80. The quantitative estimate of drug-likeness (QED) is 0.490. The molecule has 30 heavy (non-hydrogen) atoms. The fraction of sp³-hybridized carbons (Fsp3) is 0.238. The van der Waals surface area contributed by atoms with Gasteiger partial charge >= 0.3 is 5.91 Å². The number of primary sulfonamides is 1. The minimum Gasteiger partial charge on any atom is -0.399 e. The van der Waals surface area contributed by atoms with Crippen LogP contribution in [0.3, 0.4) is 0 Å². The van der Waals surface area contributed by atoms with E-state index in [4.69, 9.17) is 17.3 Å². The van der Waals surface area contributed by atoms with E-state index < -0.39 is 33.4 Å². The van der Waals surface area contributed by atoms with Crippen LogP contribution in [-0.4, -0.2) is 25.8 Å². The summed E-state index contributed by atoms with van der Waals surface area (Å²) < 4.78 is 23.6. The van der Waals surface area contributed by atoms with Gasteiger partial charge in [0.25, 0.3) is 0 Å². The average Bonchev–Trinajstić information content (AvgIpc) is 2.64. The number of amides is 2. The van der Waals surface area contributed by atoms with Crippen molar-refractivity contribution >= 4 is 33.2 Å². The first-order valence-corrected chi connectivity index (χ1v) is 10.5. The number of carbonyl (C=O) groups excluding carboxylic acids is 2. The summed E-state index contributed by atoms with van der Waals surface area (Å²) in [5.41, 5.74) is 6.17. The molecule has 0 aromatic heterocycles. The zero-order chi connectivity index (χ0) is 22.7. The van der Waals surface area contributed by atoms with Gasteiger partial charge in [-0.1, -0.05) is 18.2 Å². The minimum atomic E-state index is -4.04. The van der Waals surface area contributed by atoms with E-state index in [9.17, 15) is 18.0 Å². The van der Waals surface area contributed by atoms with Crippen molar-refractivity contribution < 1.29 is 18.0 Å². The van der Waals surface area contributed by atoms with E-state index in [1.165, 1.54) is 24.3 Å². The van der Waals surface area contributed by atoms with E-state index >= 15 is 0 Å². The standard InChI is InChI=1S/C21H24N4O4S/c1-5-18(26)25(16-7-6-8-17(13-16)30(23,28)29)19(20(27)24-21(2,3)4)14-9-11-15(22)12-10-14/h1,6-13,19H,22H2,2-4H3,(H,24,27)(H2,23,28,29). The van der Waals surface area contributed by atoms with Gasteiger partial charge in [0.2, 0.25) is 15.9 Å². The van der Waals surface area contributed by atoms with E-state index in [1.54, 1.807) is 45.0 Å². The average molecular weight is 429 g/mol. The molecule has 1 atom stereocenters. The maximum atomic E-state index is 13.2. The van der Waals surface area contributed by atoms with Crippen molar-refractivity contribution in [3.05, 3.63) is 54.1 Å². The van der Waals surface area contributed by atoms with Crippen molar-refractivity contribution in [1.29, 1.82) is 0 Å². The van der Waals surface area contributed by atoms with Gasteiger partial charge in [-0.25, -0.2) is 13.6 Å². The number of carbonyl (C=O) groups is 2. The minimum absolute atomic E-state index is 0.107. The number of anilines is 2. The zero-order valence-corrected chi connectivity index (χ0v) is 17.7. The van der Waals surface area contributed by atoms with Crippen LogP contribution in [0.15, 0.2) is 53.4 Å². The molecule has 0 fully saturated rings. The summed E-state index contributed by atoms with van der Waals surface area (Å²) in [6.07, 6.45) is 5.37. The maximum Gasteiger partial charge on any atom is 0.303 e. The van der Waals surface area contributed by atoms with Crippen molar-refractivity contribution in [3.63, 3.8) is 0 Å². The molecule has 2 rings (SSSR count). The predicted octanol–water partition coefficient (Wildman–Crippen LogP) is 1.54. The Kier molecular flexibility index (Phi) is 6.55. The van der Waals surface area contributed by atoms with Gasteiger partial charge in [0.15, 0.2) is 0 Å². The first-order chi connectivity index (χ1) is 13.8. The van der Waals surface area contributed by atoms with Gasteiger partial charge in [-0.3, -0.25) is 14.5 Å². The van der Waals surface area contributed by atoms with Crippen LogP contribution in [0.2, 0.25) is 0 Å². The smallest absolute Gasteiger partial charge is 0.303 e. The van der Waals surface area contributed by atoms with E-state index in [0.717, 1.165) is 4.90 Å². The Morgan fingerprint density at radius 1 is 1.13 bits per heavy atom. The molecule has 2 aromatic rings. The summed E-state index contributed by atoms with van der Waals surface area (Å²) in [6, 6.07) is 10.6. The van der Waals surface area contributed by atoms with Crippen LogP contribution in [-0.2, 0) is 19.6 Å². The Hall–Kier alpha value is -3.35. The lowest BCUT2D eigenvalue weighted by Gasteiger charge is -2.32. The lowest BCUT2D eigenvalue weighted by Crippen LogP contribution is -2.49. The Morgan fingerprint density at radius 2 is 1.73 bits per heavy atom. The molecule has 2 amide bonds. The summed E-state index contributed by atoms with van der Waals surface area (Å²) in [7, 11) is -4.04. The molecule has 0 aliphatic carbocycles. The Balaban J connectivity index is 2.71. The number of nitrogen functional groups attached to an aromatic ring is 1. The van der Waals surface area contributed by atoms with Gasteiger partial charge < -0.3 is 11.1 Å². The Bertz CT molecular complexity index is 1100. The zero-order valence-electron chi connectivity index (χ0n) is 16.9. The second kappa shape index (κ2) is 8.57. The summed E-state index contributed by atoms with van der Waals surface area (Å²) in [4.78, 5) is 26.8. The number of nitrogens with one attached hydrogen (secondary N) is 1. The van der Waals surface area contributed by atoms with Gasteiger partial charge in [-0.05, 0) is 62.6 Å². The Labute approximate surface area is 176 Å². The van der Waals surface area contributed by atoms with E-state index in [2.05, 4.69) is 5.32 Å². The molecular weight excluding hydrogens is 404 g/mol. The van der Waals surface area contributed by atoms with Crippen LogP contribution in [0.1, 0.15) is 32.4 Å². The Morgan fingerprint density at radius 3 is 2.23 bits per heavy atom. The summed E-state index contributed by atoms with van der Waals surface area (Å²) in [5, 5.41) is 8.05. The molecule has 0 spiro atoms. The van der Waals surface area contributed by atoms with Crippen molar-refractivity contribution in [2.45, 2.75) is 37.2 Å². The number of nitrogens with two attached hydrogens (primary N) is 2. The highest BCUT2D eigenvalue weighted by molar-refractivity contribution is 7.89. The first-order valence-electron chi connectivity index (χ1n) is 8.93. The molecule has 158 valence electrons. The molecule has 9 heteroatoms. The molecule has 0 radical (unpaired) electrons. The highest BCUT2D eigenvalue weighted by atomic mass is 32.2. The van der Waals surface area contributed by atoms with Crippen LogP contribution < -0.4 is 21.1 Å². The van der Waals surface area contributed by atoms with Crippen molar-refractivity contribution in [3.8, 4) is 12.3 Å². The third-order valence-electron chi connectivity index (χ3n) is 4.02. The second-order valence-corrected chi connectivity index (χ2v) is 9.23. The van der Waals surface area contributed by atoms with Gasteiger partial charge in [0.05, 0.1) is 4.90 Å².